The van der Waals surface area contributed by atoms with Crippen molar-refractivity contribution in [2.75, 3.05) is 24.3 Å². The van der Waals surface area contributed by atoms with E-state index in [0.717, 1.165) is 24.0 Å². The van der Waals surface area contributed by atoms with Crippen molar-refractivity contribution in [2.45, 2.75) is 38.1 Å². The van der Waals surface area contributed by atoms with Crippen molar-refractivity contribution >= 4 is 11.5 Å². The number of fused-ring (bicyclic) bond motifs is 1. The van der Waals surface area contributed by atoms with E-state index in [2.05, 4.69) is 9.88 Å². The first-order valence-electron chi connectivity index (χ1n) is 6.87. The Labute approximate surface area is 108 Å². The highest BCUT2D eigenvalue weighted by atomic mass is 16.5. The standard InChI is InChI=1S/C14H21N3O/c1-18-13-8-7-11(15)14(16-13)17-9-3-5-10-4-2-6-12(10)17/h7-8,10,12H,2-6,9,15H2,1H3. The molecule has 4 heteroatoms. The molecule has 1 aromatic heterocycles. The lowest BCUT2D eigenvalue weighted by molar-refractivity contribution is 0.357. The van der Waals surface area contributed by atoms with Crippen LogP contribution in [0.3, 0.4) is 0 Å². The van der Waals surface area contributed by atoms with Crippen LogP contribution in [0.15, 0.2) is 12.1 Å². The normalized spacial score (nSPS) is 27.1. The predicted octanol–water partition coefficient (Wildman–Crippen LogP) is 2.44. The second-order valence-corrected chi connectivity index (χ2v) is 5.36. The Morgan fingerprint density at radius 2 is 2.11 bits per heavy atom. The number of nitrogen functional groups attached to an aromatic ring is 1. The number of methoxy groups -OCH3 is 1. The first-order valence-corrected chi connectivity index (χ1v) is 6.87. The quantitative estimate of drug-likeness (QED) is 0.872. The van der Waals surface area contributed by atoms with E-state index in [-0.39, 0.29) is 0 Å². The fourth-order valence-corrected chi connectivity index (χ4v) is 3.50. The van der Waals surface area contributed by atoms with Crippen molar-refractivity contribution in [3.63, 3.8) is 0 Å². The van der Waals surface area contributed by atoms with Crippen molar-refractivity contribution in [3.8, 4) is 5.88 Å². The lowest BCUT2D eigenvalue weighted by Gasteiger charge is -2.39. The molecule has 18 heavy (non-hydrogen) atoms. The molecule has 0 amide bonds. The number of nitrogens with zero attached hydrogens (tertiary/aromatic N) is 2. The number of rotatable bonds is 2. The summed E-state index contributed by atoms with van der Waals surface area (Å²) < 4.78 is 5.22. The highest BCUT2D eigenvalue weighted by molar-refractivity contribution is 5.64. The number of aromatic nitrogens is 1. The molecule has 3 rings (SSSR count). The van der Waals surface area contributed by atoms with Crippen molar-refractivity contribution < 1.29 is 4.74 Å². The smallest absolute Gasteiger partial charge is 0.215 e. The predicted molar refractivity (Wildman–Crippen MR) is 72.9 cm³/mol. The Hall–Kier alpha value is -1.45. The SMILES string of the molecule is COc1ccc(N)c(N2CCCC3CCCC32)n1. The van der Waals surface area contributed by atoms with Gasteiger partial charge in [-0.05, 0) is 37.7 Å². The van der Waals surface area contributed by atoms with Crippen LogP contribution >= 0.6 is 0 Å². The van der Waals surface area contributed by atoms with Gasteiger partial charge in [-0.15, -0.1) is 0 Å². The third kappa shape index (κ3) is 1.89. The molecule has 2 fully saturated rings. The van der Waals surface area contributed by atoms with Gasteiger partial charge in [0.25, 0.3) is 0 Å². The number of pyridine rings is 1. The van der Waals surface area contributed by atoms with Crippen LogP contribution in [0.1, 0.15) is 32.1 Å². The van der Waals surface area contributed by atoms with Gasteiger partial charge in [0, 0.05) is 18.7 Å². The maximum absolute atomic E-state index is 6.10. The molecule has 2 unspecified atom stereocenters. The van der Waals surface area contributed by atoms with E-state index in [9.17, 15) is 0 Å². The van der Waals surface area contributed by atoms with E-state index in [4.69, 9.17) is 10.5 Å². The maximum Gasteiger partial charge on any atom is 0.215 e. The van der Waals surface area contributed by atoms with Crippen LogP contribution in [-0.2, 0) is 0 Å². The lowest BCUT2D eigenvalue weighted by atomic mass is 9.92. The fraction of sp³-hybridized carbons (Fsp3) is 0.643. The Bertz CT molecular complexity index is 435. The minimum absolute atomic E-state index is 0.639. The summed E-state index contributed by atoms with van der Waals surface area (Å²) in [6.07, 6.45) is 6.61. The van der Waals surface area contributed by atoms with Gasteiger partial charge in [-0.3, -0.25) is 0 Å². The van der Waals surface area contributed by atoms with Crippen LogP contribution in [0.2, 0.25) is 0 Å². The maximum atomic E-state index is 6.10. The van der Waals surface area contributed by atoms with Gasteiger partial charge in [0.1, 0.15) is 0 Å². The average molecular weight is 247 g/mol. The second-order valence-electron chi connectivity index (χ2n) is 5.36. The van der Waals surface area contributed by atoms with Crippen LogP contribution in [0.5, 0.6) is 5.88 Å². The first kappa shape index (κ1) is 11.6. The summed E-state index contributed by atoms with van der Waals surface area (Å²) in [5.74, 6) is 2.41. The van der Waals surface area contributed by atoms with E-state index < -0.39 is 0 Å². The summed E-state index contributed by atoms with van der Waals surface area (Å²) in [6, 6.07) is 4.37. The Balaban J connectivity index is 1.93. The molecule has 2 heterocycles. The van der Waals surface area contributed by atoms with Gasteiger partial charge in [-0.1, -0.05) is 6.42 Å². The van der Waals surface area contributed by atoms with E-state index in [1.807, 2.05) is 12.1 Å². The molecule has 1 saturated carbocycles. The van der Waals surface area contributed by atoms with Crippen molar-refractivity contribution in [3.05, 3.63) is 12.1 Å². The molecule has 2 aliphatic rings. The van der Waals surface area contributed by atoms with Crippen LogP contribution in [0, 0.1) is 5.92 Å². The average Bonchev–Trinajstić information content (AvgIpc) is 2.87. The molecule has 2 atom stereocenters. The Morgan fingerprint density at radius 1 is 1.28 bits per heavy atom. The van der Waals surface area contributed by atoms with Crippen LogP contribution in [0.4, 0.5) is 11.5 Å². The molecule has 1 aromatic rings. The Morgan fingerprint density at radius 3 is 2.94 bits per heavy atom. The molecule has 1 aliphatic carbocycles. The molecule has 2 N–H and O–H groups in total. The van der Waals surface area contributed by atoms with E-state index in [0.29, 0.717) is 11.9 Å². The first-order chi connectivity index (χ1) is 8.79. The van der Waals surface area contributed by atoms with Gasteiger partial charge in [0.15, 0.2) is 5.82 Å². The number of piperidine rings is 1. The van der Waals surface area contributed by atoms with E-state index in [1.54, 1.807) is 7.11 Å². The summed E-state index contributed by atoms with van der Waals surface area (Å²) in [5, 5.41) is 0. The molecular weight excluding hydrogens is 226 g/mol. The van der Waals surface area contributed by atoms with Gasteiger partial charge >= 0.3 is 0 Å². The molecular formula is C14H21N3O. The van der Waals surface area contributed by atoms with Crippen LogP contribution < -0.4 is 15.4 Å². The van der Waals surface area contributed by atoms with Crippen molar-refractivity contribution in [2.24, 2.45) is 5.92 Å². The highest BCUT2D eigenvalue weighted by Gasteiger charge is 2.36. The number of hydrogen-bond donors (Lipinski definition) is 1. The molecule has 1 saturated heterocycles. The zero-order valence-electron chi connectivity index (χ0n) is 10.9. The molecule has 0 bridgehead atoms. The molecule has 0 radical (unpaired) electrons. The van der Waals surface area contributed by atoms with Gasteiger partial charge in [0.2, 0.25) is 5.88 Å². The summed E-state index contributed by atoms with van der Waals surface area (Å²) in [5.41, 5.74) is 6.87. The summed E-state index contributed by atoms with van der Waals surface area (Å²) in [6.45, 7) is 1.07. The number of anilines is 2. The Kier molecular flexibility index (Phi) is 3.02. The van der Waals surface area contributed by atoms with Gasteiger partial charge in [-0.2, -0.15) is 4.98 Å². The van der Waals surface area contributed by atoms with Crippen molar-refractivity contribution in [1.82, 2.24) is 4.98 Å². The lowest BCUT2D eigenvalue weighted by Crippen LogP contribution is -2.43. The minimum Gasteiger partial charge on any atom is -0.481 e. The fourth-order valence-electron chi connectivity index (χ4n) is 3.50. The number of nitrogens with two attached hydrogens (primary N) is 1. The third-order valence-electron chi connectivity index (χ3n) is 4.35. The summed E-state index contributed by atoms with van der Waals surface area (Å²) >= 11 is 0. The summed E-state index contributed by atoms with van der Waals surface area (Å²) in [4.78, 5) is 6.97. The highest BCUT2D eigenvalue weighted by Crippen LogP contribution is 2.40. The largest absolute Gasteiger partial charge is 0.481 e. The zero-order valence-corrected chi connectivity index (χ0v) is 10.9. The van der Waals surface area contributed by atoms with Crippen molar-refractivity contribution in [1.29, 1.82) is 0 Å². The minimum atomic E-state index is 0.639. The summed E-state index contributed by atoms with van der Waals surface area (Å²) in [7, 11) is 1.65. The monoisotopic (exact) mass is 247 g/mol. The topological polar surface area (TPSA) is 51.4 Å². The molecule has 0 spiro atoms. The van der Waals surface area contributed by atoms with Gasteiger partial charge in [0.05, 0.1) is 12.8 Å². The molecule has 98 valence electrons. The molecule has 4 nitrogen and oxygen atoms in total. The third-order valence-corrected chi connectivity index (χ3v) is 4.35. The molecule has 0 aromatic carbocycles. The van der Waals surface area contributed by atoms with Gasteiger partial charge in [-0.25, -0.2) is 0 Å². The van der Waals surface area contributed by atoms with Crippen LogP contribution in [0.25, 0.3) is 0 Å². The second kappa shape index (κ2) is 4.67. The van der Waals surface area contributed by atoms with Gasteiger partial charge < -0.3 is 15.4 Å². The van der Waals surface area contributed by atoms with Crippen LogP contribution in [-0.4, -0.2) is 24.7 Å². The number of hydrogen-bond acceptors (Lipinski definition) is 4. The van der Waals surface area contributed by atoms with E-state index >= 15 is 0 Å². The molecule has 1 aliphatic heterocycles. The number of ether oxygens (including phenoxy) is 1. The zero-order chi connectivity index (χ0) is 12.5. The van der Waals surface area contributed by atoms with E-state index in [1.165, 1.54) is 32.1 Å².